The predicted molar refractivity (Wildman–Crippen MR) is 62.4 cm³/mol. The molecule has 0 saturated carbocycles. The van der Waals surface area contributed by atoms with Crippen LogP contribution >= 0.6 is 0 Å². The molecule has 0 aliphatic rings. The summed E-state index contributed by atoms with van der Waals surface area (Å²) in [4.78, 5) is 4.28. The lowest BCUT2D eigenvalue weighted by molar-refractivity contribution is 0.890. The van der Waals surface area contributed by atoms with E-state index in [9.17, 15) is 0 Å². The molecule has 80 valence electrons. The summed E-state index contributed by atoms with van der Waals surface area (Å²) in [6.07, 6.45) is 4.64. The Balaban J connectivity index is 2.50. The van der Waals surface area contributed by atoms with Gasteiger partial charge in [-0.25, -0.2) is 4.98 Å². The highest BCUT2D eigenvalue weighted by Crippen LogP contribution is 2.15. The highest BCUT2D eigenvalue weighted by molar-refractivity contribution is 5.45. The smallest absolute Gasteiger partial charge is 0.112 e. The molecule has 0 amide bonds. The maximum atomic E-state index is 8.87. The van der Waals surface area contributed by atoms with E-state index in [0.29, 0.717) is 0 Å². The average Bonchev–Trinajstić information content (AvgIpc) is 2.77. The average molecular weight is 211 g/mol. The molecule has 0 saturated heterocycles. The molecule has 0 atom stereocenters. The number of nitrogens with zero attached hydrogens (tertiary/aromatic N) is 3. The molecule has 0 unspecified atom stereocenters. The molecule has 0 fully saturated rings. The Kier molecular flexibility index (Phi) is 2.74. The largest absolute Gasteiger partial charge is 0.304 e. The standard InChI is InChI=1S/C13H13N3/c1-3-13-15-6-7-16(13)12-5-4-11(9-14)10(2)8-12/h4-8H,3H2,1-2H3. The number of hydrogen-bond donors (Lipinski definition) is 0. The first kappa shape index (κ1) is 10.4. The first-order chi connectivity index (χ1) is 7.76. The van der Waals surface area contributed by atoms with Crippen molar-refractivity contribution in [3.8, 4) is 11.8 Å². The third-order valence-electron chi connectivity index (χ3n) is 2.64. The van der Waals surface area contributed by atoms with Gasteiger partial charge in [0, 0.05) is 24.5 Å². The van der Waals surface area contributed by atoms with Crippen LogP contribution in [0.1, 0.15) is 23.9 Å². The highest BCUT2D eigenvalue weighted by atomic mass is 15.1. The van der Waals surface area contributed by atoms with Crippen LogP contribution in [0.25, 0.3) is 5.69 Å². The van der Waals surface area contributed by atoms with E-state index in [-0.39, 0.29) is 0 Å². The molecule has 0 aliphatic carbocycles. The minimum atomic E-state index is 0.724. The summed E-state index contributed by atoms with van der Waals surface area (Å²) in [5, 5.41) is 8.87. The van der Waals surface area contributed by atoms with Gasteiger partial charge in [-0.15, -0.1) is 0 Å². The molecule has 0 spiro atoms. The van der Waals surface area contributed by atoms with Crippen LogP contribution in [0.4, 0.5) is 0 Å². The van der Waals surface area contributed by atoms with Crippen LogP contribution in [-0.4, -0.2) is 9.55 Å². The Labute approximate surface area is 95.0 Å². The molecule has 0 aliphatic heterocycles. The lowest BCUT2D eigenvalue weighted by atomic mass is 10.1. The van der Waals surface area contributed by atoms with Crippen LogP contribution < -0.4 is 0 Å². The number of nitriles is 1. The Morgan fingerprint density at radius 2 is 2.25 bits per heavy atom. The van der Waals surface area contributed by atoms with E-state index in [0.717, 1.165) is 29.1 Å². The lowest BCUT2D eigenvalue weighted by Crippen LogP contribution is -1.99. The second-order valence-corrected chi connectivity index (χ2v) is 3.68. The van der Waals surface area contributed by atoms with Crippen molar-refractivity contribution in [2.75, 3.05) is 0 Å². The zero-order valence-corrected chi connectivity index (χ0v) is 9.44. The molecule has 1 heterocycles. The predicted octanol–water partition coefficient (Wildman–Crippen LogP) is 2.61. The summed E-state index contributed by atoms with van der Waals surface area (Å²) < 4.78 is 2.05. The minimum Gasteiger partial charge on any atom is -0.304 e. The molecule has 3 heteroatoms. The van der Waals surface area contributed by atoms with E-state index >= 15 is 0 Å². The Hall–Kier alpha value is -2.08. The summed E-state index contributed by atoms with van der Waals surface area (Å²) in [5.41, 5.74) is 2.78. The van der Waals surface area contributed by atoms with Gasteiger partial charge in [0.1, 0.15) is 5.82 Å². The van der Waals surface area contributed by atoms with Gasteiger partial charge in [-0.3, -0.25) is 0 Å². The molecule has 3 nitrogen and oxygen atoms in total. The van der Waals surface area contributed by atoms with Gasteiger partial charge in [-0.05, 0) is 30.7 Å². The molecule has 0 radical (unpaired) electrons. The van der Waals surface area contributed by atoms with Crippen LogP contribution in [0.15, 0.2) is 30.6 Å². The van der Waals surface area contributed by atoms with Crippen molar-refractivity contribution < 1.29 is 0 Å². The second kappa shape index (κ2) is 4.19. The summed E-state index contributed by atoms with van der Waals surface area (Å²) in [7, 11) is 0. The van der Waals surface area contributed by atoms with Crippen LogP contribution in [0.2, 0.25) is 0 Å². The molecule has 1 aromatic carbocycles. The van der Waals surface area contributed by atoms with E-state index in [2.05, 4.69) is 18.0 Å². The van der Waals surface area contributed by atoms with Gasteiger partial charge in [0.05, 0.1) is 11.6 Å². The van der Waals surface area contributed by atoms with Crippen molar-refractivity contribution in [1.29, 1.82) is 5.26 Å². The quantitative estimate of drug-likeness (QED) is 0.766. The number of rotatable bonds is 2. The van der Waals surface area contributed by atoms with Gasteiger partial charge in [-0.2, -0.15) is 5.26 Å². The highest BCUT2D eigenvalue weighted by Gasteiger charge is 2.04. The van der Waals surface area contributed by atoms with Crippen molar-refractivity contribution >= 4 is 0 Å². The zero-order chi connectivity index (χ0) is 11.5. The van der Waals surface area contributed by atoms with Crippen molar-refractivity contribution in [2.24, 2.45) is 0 Å². The summed E-state index contributed by atoms with van der Waals surface area (Å²) in [5.74, 6) is 1.03. The summed E-state index contributed by atoms with van der Waals surface area (Å²) in [6, 6.07) is 7.99. The number of aromatic nitrogens is 2. The topological polar surface area (TPSA) is 41.6 Å². The molecular formula is C13H13N3. The maximum absolute atomic E-state index is 8.87. The molecule has 2 aromatic rings. The van der Waals surface area contributed by atoms with Crippen molar-refractivity contribution in [1.82, 2.24) is 9.55 Å². The van der Waals surface area contributed by atoms with Gasteiger partial charge in [0.15, 0.2) is 0 Å². The number of benzene rings is 1. The van der Waals surface area contributed by atoms with E-state index in [1.165, 1.54) is 0 Å². The van der Waals surface area contributed by atoms with Crippen molar-refractivity contribution in [3.05, 3.63) is 47.5 Å². The van der Waals surface area contributed by atoms with Gasteiger partial charge < -0.3 is 4.57 Å². The zero-order valence-electron chi connectivity index (χ0n) is 9.44. The van der Waals surface area contributed by atoms with E-state index in [4.69, 9.17) is 5.26 Å². The fourth-order valence-electron chi connectivity index (χ4n) is 1.75. The first-order valence-corrected chi connectivity index (χ1v) is 5.29. The van der Waals surface area contributed by atoms with Crippen molar-refractivity contribution in [3.63, 3.8) is 0 Å². The van der Waals surface area contributed by atoms with Crippen LogP contribution in [0.3, 0.4) is 0 Å². The summed E-state index contributed by atoms with van der Waals surface area (Å²) in [6.45, 7) is 4.03. The number of imidazole rings is 1. The van der Waals surface area contributed by atoms with Crippen LogP contribution in [0, 0.1) is 18.3 Å². The lowest BCUT2D eigenvalue weighted by Gasteiger charge is -2.07. The van der Waals surface area contributed by atoms with E-state index in [1.54, 1.807) is 6.20 Å². The van der Waals surface area contributed by atoms with Gasteiger partial charge in [-0.1, -0.05) is 6.92 Å². The molecule has 0 bridgehead atoms. The monoisotopic (exact) mass is 211 g/mol. The fraction of sp³-hybridized carbons (Fsp3) is 0.231. The first-order valence-electron chi connectivity index (χ1n) is 5.29. The number of aryl methyl sites for hydroxylation is 2. The van der Waals surface area contributed by atoms with Gasteiger partial charge in [0.2, 0.25) is 0 Å². The second-order valence-electron chi connectivity index (χ2n) is 3.68. The Morgan fingerprint density at radius 1 is 1.44 bits per heavy atom. The van der Waals surface area contributed by atoms with E-state index in [1.807, 2.05) is 35.9 Å². The fourth-order valence-corrected chi connectivity index (χ4v) is 1.75. The van der Waals surface area contributed by atoms with Crippen molar-refractivity contribution in [2.45, 2.75) is 20.3 Å². The third kappa shape index (κ3) is 1.70. The van der Waals surface area contributed by atoms with Gasteiger partial charge in [0.25, 0.3) is 0 Å². The minimum absolute atomic E-state index is 0.724. The Morgan fingerprint density at radius 3 is 2.88 bits per heavy atom. The number of hydrogen-bond acceptors (Lipinski definition) is 2. The Bertz CT molecular complexity index is 547. The molecule has 1 aromatic heterocycles. The molecule has 0 N–H and O–H groups in total. The van der Waals surface area contributed by atoms with Gasteiger partial charge >= 0.3 is 0 Å². The summed E-state index contributed by atoms with van der Waals surface area (Å²) >= 11 is 0. The van der Waals surface area contributed by atoms with Crippen LogP contribution in [-0.2, 0) is 6.42 Å². The SMILES string of the molecule is CCc1nccn1-c1ccc(C#N)c(C)c1. The third-order valence-corrected chi connectivity index (χ3v) is 2.64. The normalized spacial score (nSPS) is 10.1. The van der Waals surface area contributed by atoms with E-state index < -0.39 is 0 Å². The van der Waals surface area contributed by atoms with Crippen LogP contribution in [0.5, 0.6) is 0 Å². The molecule has 16 heavy (non-hydrogen) atoms. The maximum Gasteiger partial charge on any atom is 0.112 e. The molecular weight excluding hydrogens is 198 g/mol. The molecule has 2 rings (SSSR count).